The fourth-order valence-corrected chi connectivity index (χ4v) is 3.07. The third-order valence-electron chi connectivity index (χ3n) is 4.32. The fourth-order valence-electron chi connectivity index (χ4n) is 3.07. The zero-order valence-electron chi connectivity index (χ0n) is 13.6. The molecule has 1 aromatic heterocycles. The summed E-state index contributed by atoms with van der Waals surface area (Å²) < 4.78 is 18.8. The van der Waals surface area contributed by atoms with Gasteiger partial charge in [0.1, 0.15) is 5.82 Å². The molecule has 1 aliphatic rings. The summed E-state index contributed by atoms with van der Waals surface area (Å²) in [4.78, 5) is 18.3. The molecule has 1 amide bonds. The van der Waals surface area contributed by atoms with Crippen LogP contribution in [0.4, 0.5) is 10.1 Å². The van der Waals surface area contributed by atoms with E-state index >= 15 is 0 Å². The molecular formula is C19H16FN3O2. The first-order valence-electron chi connectivity index (χ1n) is 8.07. The summed E-state index contributed by atoms with van der Waals surface area (Å²) in [6.45, 7) is 2.41. The third kappa shape index (κ3) is 3.03. The Balaban J connectivity index is 1.57. The van der Waals surface area contributed by atoms with Crippen molar-refractivity contribution in [2.24, 2.45) is 0 Å². The lowest BCUT2D eigenvalue weighted by molar-refractivity contribution is -0.117. The summed E-state index contributed by atoms with van der Waals surface area (Å²) in [6.07, 6.45) is 0.281. The number of benzene rings is 2. The highest BCUT2D eigenvalue weighted by Crippen LogP contribution is 2.31. The van der Waals surface area contributed by atoms with Crippen molar-refractivity contribution in [1.29, 1.82) is 0 Å². The summed E-state index contributed by atoms with van der Waals surface area (Å²) in [7, 11) is 0. The molecule has 5 nitrogen and oxygen atoms in total. The lowest BCUT2D eigenvalue weighted by atomic mass is 10.1. The van der Waals surface area contributed by atoms with Crippen LogP contribution in [-0.2, 0) is 4.79 Å². The van der Waals surface area contributed by atoms with Crippen LogP contribution in [0.5, 0.6) is 0 Å². The maximum absolute atomic E-state index is 13.4. The first-order chi connectivity index (χ1) is 12.1. The zero-order chi connectivity index (χ0) is 17.4. The lowest BCUT2D eigenvalue weighted by Gasteiger charge is -2.15. The Kier molecular flexibility index (Phi) is 3.80. The maximum atomic E-state index is 13.4. The molecule has 2 heterocycles. The number of anilines is 1. The van der Waals surface area contributed by atoms with Crippen molar-refractivity contribution in [3.8, 4) is 11.5 Å². The van der Waals surface area contributed by atoms with Gasteiger partial charge in [-0.25, -0.2) is 4.39 Å². The first kappa shape index (κ1) is 15.5. The van der Waals surface area contributed by atoms with E-state index in [2.05, 4.69) is 10.1 Å². The Bertz CT molecular complexity index is 938. The van der Waals surface area contributed by atoms with E-state index in [4.69, 9.17) is 4.52 Å². The number of aryl methyl sites for hydroxylation is 1. The predicted octanol–water partition coefficient (Wildman–Crippen LogP) is 3.70. The number of amides is 1. The van der Waals surface area contributed by atoms with E-state index in [9.17, 15) is 9.18 Å². The second-order valence-corrected chi connectivity index (χ2v) is 6.21. The quantitative estimate of drug-likeness (QED) is 0.731. The van der Waals surface area contributed by atoms with Crippen LogP contribution >= 0.6 is 0 Å². The second kappa shape index (κ2) is 6.12. The molecule has 0 aliphatic carbocycles. The highest BCUT2D eigenvalue weighted by molar-refractivity contribution is 5.96. The summed E-state index contributed by atoms with van der Waals surface area (Å²) in [5, 5.41) is 4.05. The molecule has 1 saturated heterocycles. The summed E-state index contributed by atoms with van der Waals surface area (Å²) in [5.41, 5.74) is 2.51. The fraction of sp³-hybridized carbons (Fsp3) is 0.211. The number of carbonyl (C=O) groups excluding carboxylic acids is 1. The second-order valence-electron chi connectivity index (χ2n) is 6.21. The zero-order valence-corrected chi connectivity index (χ0v) is 13.6. The van der Waals surface area contributed by atoms with Gasteiger partial charge in [-0.3, -0.25) is 4.79 Å². The standard InChI is InChI=1S/C19H16FN3O2/c1-12-4-2-5-13(8-12)19-21-18(22-25-19)14-9-17(24)23(11-14)16-7-3-6-15(20)10-16/h2-8,10,14H,9,11H2,1H3. The SMILES string of the molecule is Cc1cccc(-c2nc(C3CC(=O)N(c4cccc(F)c4)C3)no2)c1. The van der Waals surface area contributed by atoms with Crippen LogP contribution in [0.1, 0.15) is 23.7 Å². The van der Waals surface area contributed by atoms with Gasteiger partial charge in [0, 0.05) is 30.1 Å². The molecule has 126 valence electrons. The number of hydrogen-bond acceptors (Lipinski definition) is 4. The minimum atomic E-state index is -0.366. The lowest BCUT2D eigenvalue weighted by Crippen LogP contribution is -2.24. The Labute approximate surface area is 144 Å². The van der Waals surface area contributed by atoms with E-state index in [0.29, 0.717) is 23.9 Å². The van der Waals surface area contributed by atoms with Crippen molar-refractivity contribution in [1.82, 2.24) is 10.1 Å². The Morgan fingerprint density at radius 3 is 2.84 bits per heavy atom. The van der Waals surface area contributed by atoms with Gasteiger partial charge < -0.3 is 9.42 Å². The largest absolute Gasteiger partial charge is 0.334 e. The summed E-state index contributed by atoms with van der Waals surface area (Å²) >= 11 is 0. The number of halogens is 1. The molecule has 1 atom stereocenters. The molecule has 2 aromatic carbocycles. The molecule has 6 heteroatoms. The summed E-state index contributed by atoms with van der Waals surface area (Å²) in [5.74, 6) is 0.338. The number of carbonyl (C=O) groups is 1. The van der Waals surface area contributed by atoms with Crippen molar-refractivity contribution >= 4 is 11.6 Å². The molecule has 1 fully saturated rings. The van der Waals surface area contributed by atoms with E-state index < -0.39 is 0 Å². The minimum absolute atomic E-state index is 0.0718. The van der Waals surface area contributed by atoms with Gasteiger partial charge in [-0.1, -0.05) is 28.9 Å². The highest BCUT2D eigenvalue weighted by Gasteiger charge is 2.34. The van der Waals surface area contributed by atoms with E-state index in [-0.39, 0.29) is 24.1 Å². The van der Waals surface area contributed by atoms with Crippen LogP contribution in [0.3, 0.4) is 0 Å². The highest BCUT2D eigenvalue weighted by atomic mass is 19.1. The van der Waals surface area contributed by atoms with Crippen LogP contribution in [-0.4, -0.2) is 22.6 Å². The van der Waals surface area contributed by atoms with Crippen molar-refractivity contribution in [3.05, 3.63) is 65.7 Å². The molecule has 3 aromatic rings. The Morgan fingerprint density at radius 1 is 1.20 bits per heavy atom. The normalized spacial score (nSPS) is 17.3. The molecular weight excluding hydrogens is 321 g/mol. The average molecular weight is 337 g/mol. The van der Waals surface area contributed by atoms with Crippen LogP contribution in [0, 0.1) is 12.7 Å². The predicted molar refractivity (Wildman–Crippen MR) is 90.6 cm³/mol. The molecule has 1 aliphatic heterocycles. The molecule has 0 radical (unpaired) electrons. The van der Waals surface area contributed by atoms with Crippen LogP contribution in [0.15, 0.2) is 53.1 Å². The van der Waals surface area contributed by atoms with Crippen LogP contribution < -0.4 is 4.90 Å². The van der Waals surface area contributed by atoms with Crippen molar-refractivity contribution in [2.75, 3.05) is 11.4 Å². The molecule has 0 saturated carbocycles. The van der Waals surface area contributed by atoms with Crippen molar-refractivity contribution < 1.29 is 13.7 Å². The topological polar surface area (TPSA) is 59.2 Å². The first-order valence-corrected chi connectivity index (χ1v) is 8.07. The van der Waals surface area contributed by atoms with Gasteiger partial charge in [0.25, 0.3) is 5.89 Å². The number of hydrogen-bond donors (Lipinski definition) is 0. The van der Waals surface area contributed by atoms with Gasteiger partial charge in [0.15, 0.2) is 5.82 Å². The van der Waals surface area contributed by atoms with E-state index in [0.717, 1.165) is 11.1 Å². The van der Waals surface area contributed by atoms with Crippen molar-refractivity contribution in [3.63, 3.8) is 0 Å². The van der Waals surface area contributed by atoms with E-state index in [1.54, 1.807) is 17.0 Å². The van der Waals surface area contributed by atoms with Gasteiger partial charge in [-0.05, 0) is 37.3 Å². The average Bonchev–Trinajstić information content (AvgIpc) is 3.21. The minimum Gasteiger partial charge on any atom is -0.334 e. The smallest absolute Gasteiger partial charge is 0.257 e. The number of aromatic nitrogens is 2. The van der Waals surface area contributed by atoms with Gasteiger partial charge >= 0.3 is 0 Å². The molecule has 0 N–H and O–H groups in total. The van der Waals surface area contributed by atoms with Gasteiger partial charge in [-0.15, -0.1) is 0 Å². The summed E-state index contributed by atoms with van der Waals surface area (Å²) in [6, 6.07) is 13.8. The number of rotatable bonds is 3. The molecule has 0 bridgehead atoms. The van der Waals surface area contributed by atoms with Crippen LogP contribution in [0.25, 0.3) is 11.5 Å². The van der Waals surface area contributed by atoms with E-state index in [1.165, 1.54) is 12.1 Å². The van der Waals surface area contributed by atoms with Gasteiger partial charge in [0.2, 0.25) is 5.91 Å². The Hall–Kier alpha value is -3.02. The monoisotopic (exact) mass is 337 g/mol. The molecule has 25 heavy (non-hydrogen) atoms. The number of nitrogens with zero attached hydrogens (tertiary/aromatic N) is 3. The molecule has 4 rings (SSSR count). The van der Waals surface area contributed by atoms with Gasteiger partial charge in [-0.2, -0.15) is 4.98 Å². The molecule has 0 spiro atoms. The van der Waals surface area contributed by atoms with Crippen LogP contribution in [0.2, 0.25) is 0 Å². The molecule has 1 unspecified atom stereocenters. The van der Waals surface area contributed by atoms with Crippen molar-refractivity contribution in [2.45, 2.75) is 19.3 Å². The maximum Gasteiger partial charge on any atom is 0.257 e. The van der Waals surface area contributed by atoms with E-state index in [1.807, 2.05) is 31.2 Å². The van der Waals surface area contributed by atoms with Gasteiger partial charge in [0.05, 0.1) is 0 Å². The Morgan fingerprint density at radius 2 is 2.04 bits per heavy atom. The third-order valence-corrected chi connectivity index (χ3v) is 4.32.